The number of hydrogen-bond acceptors (Lipinski definition) is 5. The van der Waals surface area contributed by atoms with Crippen LogP contribution in [0.1, 0.15) is 30.0 Å². The molecular weight excluding hydrogens is 350 g/mol. The van der Waals surface area contributed by atoms with Crippen molar-refractivity contribution in [2.24, 2.45) is 0 Å². The van der Waals surface area contributed by atoms with Gasteiger partial charge in [-0.1, -0.05) is 37.6 Å². The Morgan fingerprint density at radius 1 is 0.714 bits per heavy atom. The zero-order valence-corrected chi connectivity index (χ0v) is 16.8. The van der Waals surface area contributed by atoms with Gasteiger partial charge in [0.1, 0.15) is 11.5 Å². The highest BCUT2D eigenvalue weighted by molar-refractivity contribution is 5.37. The molecule has 1 heterocycles. The van der Waals surface area contributed by atoms with E-state index < -0.39 is 0 Å². The molecule has 5 heteroatoms. The molecule has 0 spiro atoms. The Kier molecular flexibility index (Phi) is 6.84. The standard InChI is InChI=1S/C23H27N3O2/c1-4-5-20-14-24-23(25-15-20)26(16-18-6-10-21(27-2)11-7-18)17-19-8-12-22(28-3)13-9-19/h6-15H,4-5,16-17H2,1-3H3. The number of rotatable bonds is 9. The van der Waals surface area contributed by atoms with E-state index in [-0.39, 0.29) is 0 Å². The van der Waals surface area contributed by atoms with Gasteiger partial charge in [-0.3, -0.25) is 0 Å². The van der Waals surface area contributed by atoms with Gasteiger partial charge in [0.25, 0.3) is 0 Å². The average molecular weight is 377 g/mol. The van der Waals surface area contributed by atoms with Crippen molar-refractivity contribution in [2.45, 2.75) is 32.9 Å². The maximum absolute atomic E-state index is 5.26. The lowest BCUT2D eigenvalue weighted by molar-refractivity contribution is 0.414. The van der Waals surface area contributed by atoms with Crippen LogP contribution in [-0.2, 0) is 19.5 Å². The molecule has 0 aliphatic heterocycles. The highest BCUT2D eigenvalue weighted by atomic mass is 16.5. The van der Waals surface area contributed by atoms with Crippen LogP contribution in [0.4, 0.5) is 5.95 Å². The van der Waals surface area contributed by atoms with Crippen LogP contribution in [-0.4, -0.2) is 24.2 Å². The first-order chi connectivity index (χ1) is 13.7. The van der Waals surface area contributed by atoms with Gasteiger partial charge in [0, 0.05) is 25.5 Å². The molecule has 0 aliphatic rings. The Morgan fingerprint density at radius 3 is 1.57 bits per heavy atom. The number of anilines is 1. The van der Waals surface area contributed by atoms with Crippen LogP contribution < -0.4 is 14.4 Å². The lowest BCUT2D eigenvalue weighted by Gasteiger charge is -2.23. The van der Waals surface area contributed by atoms with E-state index in [2.05, 4.69) is 46.1 Å². The van der Waals surface area contributed by atoms with Crippen molar-refractivity contribution < 1.29 is 9.47 Å². The summed E-state index contributed by atoms with van der Waals surface area (Å²) in [7, 11) is 3.35. The molecule has 0 amide bonds. The SMILES string of the molecule is CCCc1cnc(N(Cc2ccc(OC)cc2)Cc2ccc(OC)cc2)nc1. The van der Waals surface area contributed by atoms with Crippen molar-refractivity contribution in [2.75, 3.05) is 19.1 Å². The van der Waals surface area contributed by atoms with Crippen LogP contribution in [0, 0.1) is 0 Å². The van der Waals surface area contributed by atoms with Gasteiger partial charge in [-0.25, -0.2) is 9.97 Å². The lowest BCUT2D eigenvalue weighted by Crippen LogP contribution is -2.24. The summed E-state index contributed by atoms with van der Waals surface area (Å²) in [6, 6.07) is 16.2. The topological polar surface area (TPSA) is 47.5 Å². The fourth-order valence-electron chi connectivity index (χ4n) is 3.03. The predicted molar refractivity (Wildman–Crippen MR) is 112 cm³/mol. The summed E-state index contributed by atoms with van der Waals surface area (Å²) in [5.41, 5.74) is 3.52. The number of ether oxygens (including phenoxy) is 2. The van der Waals surface area contributed by atoms with Gasteiger partial charge < -0.3 is 14.4 Å². The molecule has 5 nitrogen and oxygen atoms in total. The summed E-state index contributed by atoms with van der Waals surface area (Å²) >= 11 is 0. The second kappa shape index (κ2) is 9.74. The molecule has 3 aromatic rings. The fourth-order valence-corrected chi connectivity index (χ4v) is 3.03. The Labute approximate surface area is 167 Å². The Hall–Kier alpha value is -3.08. The summed E-state index contributed by atoms with van der Waals surface area (Å²) in [5, 5.41) is 0. The minimum Gasteiger partial charge on any atom is -0.497 e. The van der Waals surface area contributed by atoms with E-state index in [0.29, 0.717) is 13.1 Å². The van der Waals surface area contributed by atoms with Gasteiger partial charge in [0.2, 0.25) is 5.95 Å². The third kappa shape index (κ3) is 5.22. The first-order valence-electron chi connectivity index (χ1n) is 9.53. The minimum atomic E-state index is 0.711. The van der Waals surface area contributed by atoms with Gasteiger partial charge in [-0.05, 0) is 47.4 Å². The Balaban J connectivity index is 1.82. The smallest absolute Gasteiger partial charge is 0.225 e. The van der Waals surface area contributed by atoms with E-state index in [0.717, 1.165) is 30.3 Å². The lowest BCUT2D eigenvalue weighted by atomic mass is 10.1. The van der Waals surface area contributed by atoms with Crippen LogP contribution in [0.5, 0.6) is 11.5 Å². The summed E-state index contributed by atoms with van der Waals surface area (Å²) in [6.45, 7) is 3.58. The monoisotopic (exact) mass is 377 g/mol. The normalized spacial score (nSPS) is 10.5. The van der Waals surface area contributed by atoms with E-state index in [1.807, 2.05) is 36.7 Å². The largest absolute Gasteiger partial charge is 0.497 e. The Morgan fingerprint density at radius 2 is 1.18 bits per heavy atom. The molecule has 3 rings (SSSR count). The molecule has 0 aliphatic carbocycles. The number of aryl methyl sites for hydroxylation is 1. The van der Waals surface area contributed by atoms with Crippen LogP contribution in [0.25, 0.3) is 0 Å². The number of nitrogens with zero attached hydrogens (tertiary/aromatic N) is 3. The number of hydrogen-bond donors (Lipinski definition) is 0. The summed E-state index contributed by atoms with van der Waals surface area (Å²) in [4.78, 5) is 11.4. The molecule has 0 unspecified atom stereocenters. The molecule has 0 fully saturated rings. The zero-order valence-electron chi connectivity index (χ0n) is 16.8. The van der Waals surface area contributed by atoms with E-state index in [1.165, 1.54) is 16.7 Å². The highest BCUT2D eigenvalue weighted by Gasteiger charge is 2.12. The van der Waals surface area contributed by atoms with Gasteiger partial charge in [-0.2, -0.15) is 0 Å². The van der Waals surface area contributed by atoms with Gasteiger partial charge in [0.15, 0.2) is 0 Å². The second-order valence-electron chi connectivity index (χ2n) is 6.69. The maximum atomic E-state index is 5.26. The Bertz CT molecular complexity index is 797. The van der Waals surface area contributed by atoms with Crippen molar-refractivity contribution in [1.82, 2.24) is 9.97 Å². The predicted octanol–water partition coefficient (Wildman–Crippen LogP) is 4.65. The van der Waals surface area contributed by atoms with Crippen LogP contribution in [0.15, 0.2) is 60.9 Å². The fraction of sp³-hybridized carbons (Fsp3) is 0.304. The summed E-state index contributed by atoms with van der Waals surface area (Å²) in [5.74, 6) is 2.43. The molecule has 146 valence electrons. The second-order valence-corrected chi connectivity index (χ2v) is 6.69. The molecule has 0 bridgehead atoms. The van der Waals surface area contributed by atoms with Gasteiger partial charge >= 0.3 is 0 Å². The van der Waals surface area contributed by atoms with Crippen molar-refractivity contribution in [1.29, 1.82) is 0 Å². The average Bonchev–Trinajstić information content (AvgIpc) is 2.75. The van der Waals surface area contributed by atoms with E-state index in [1.54, 1.807) is 14.2 Å². The van der Waals surface area contributed by atoms with E-state index in [9.17, 15) is 0 Å². The zero-order chi connectivity index (χ0) is 19.8. The molecule has 0 N–H and O–H groups in total. The van der Waals surface area contributed by atoms with E-state index in [4.69, 9.17) is 9.47 Å². The summed E-state index contributed by atoms with van der Waals surface area (Å²) < 4.78 is 10.5. The van der Waals surface area contributed by atoms with Crippen molar-refractivity contribution in [3.63, 3.8) is 0 Å². The first-order valence-corrected chi connectivity index (χ1v) is 9.53. The quantitative estimate of drug-likeness (QED) is 0.543. The van der Waals surface area contributed by atoms with Crippen molar-refractivity contribution >= 4 is 5.95 Å². The van der Waals surface area contributed by atoms with Gasteiger partial charge in [-0.15, -0.1) is 0 Å². The van der Waals surface area contributed by atoms with Gasteiger partial charge in [0.05, 0.1) is 14.2 Å². The third-order valence-electron chi connectivity index (χ3n) is 4.58. The van der Waals surface area contributed by atoms with Crippen LogP contribution in [0.2, 0.25) is 0 Å². The third-order valence-corrected chi connectivity index (χ3v) is 4.58. The molecule has 0 saturated heterocycles. The first kappa shape index (κ1) is 19.7. The number of methoxy groups -OCH3 is 2. The molecule has 0 saturated carbocycles. The summed E-state index contributed by atoms with van der Waals surface area (Å²) in [6.07, 6.45) is 5.95. The van der Waals surface area contributed by atoms with Crippen LogP contribution >= 0.6 is 0 Å². The minimum absolute atomic E-state index is 0.711. The van der Waals surface area contributed by atoms with E-state index >= 15 is 0 Å². The molecule has 2 aromatic carbocycles. The molecule has 28 heavy (non-hydrogen) atoms. The number of benzene rings is 2. The molecule has 1 aromatic heterocycles. The number of aromatic nitrogens is 2. The van der Waals surface area contributed by atoms with Crippen molar-refractivity contribution in [3.8, 4) is 11.5 Å². The molecular formula is C23H27N3O2. The molecule has 0 atom stereocenters. The highest BCUT2D eigenvalue weighted by Crippen LogP contribution is 2.20. The van der Waals surface area contributed by atoms with Crippen molar-refractivity contribution in [3.05, 3.63) is 77.6 Å². The maximum Gasteiger partial charge on any atom is 0.225 e. The van der Waals surface area contributed by atoms with Crippen LogP contribution in [0.3, 0.4) is 0 Å². The molecule has 0 radical (unpaired) electrons.